The number of aliphatic imine (C=N–C) groups is 1. The molecule has 0 amide bonds. The Bertz CT molecular complexity index is 429. The molecule has 4 nitrogen and oxygen atoms in total. The van der Waals surface area contributed by atoms with Gasteiger partial charge in [0.1, 0.15) is 5.75 Å². The summed E-state index contributed by atoms with van der Waals surface area (Å²) in [6.45, 7) is 7.69. The molecule has 4 heteroatoms. The van der Waals surface area contributed by atoms with Gasteiger partial charge in [-0.2, -0.15) is 0 Å². The topological polar surface area (TPSA) is 45.6 Å². The van der Waals surface area contributed by atoms with Crippen LogP contribution in [0.2, 0.25) is 0 Å². The average Bonchev–Trinajstić information content (AvgIpc) is 2.45. The molecule has 1 heterocycles. The summed E-state index contributed by atoms with van der Waals surface area (Å²) < 4.78 is 5.84. The number of rotatable bonds is 5. The van der Waals surface area contributed by atoms with Crippen LogP contribution in [-0.2, 0) is 6.54 Å². The zero-order valence-corrected chi connectivity index (χ0v) is 11.8. The highest BCUT2D eigenvalue weighted by atomic mass is 16.5. The molecule has 0 atom stereocenters. The predicted molar refractivity (Wildman–Crippen MR) is 78.5 cm³/mol. The van der Waals surface area contributed by atoms with Crippen LogP contribution in [0.25, 0.3) is 0 Å². The second-order valence-electron chi connectivity index (χ2n) is 5.18. The summed E-state index contributed by atoms with van der Waals surface area (Å²) in [5.41, 5.74) is 1.17. The van der Waals surface area contributed by atoms with Crippen molar-refractivity contribution in [1.82, 2.24) is 10.6 Å². The first-order valence-electron chi connectivity index (χ1n) is 6.98. The van der Waals surface area contributed by atoms with Gasteiger partial charge in [-0.1, -0.05) is 32.0 Å². The molecular weight excluding hydrogens is 238 g/mol. The Morgan fingerprint density at radius 1 is 1.37 bits per heavy atom. The molecule has 0 bridgehead atoms. The van der Waals surface area contributed by atoms with Crippen molar-refractivity contribution in [2.75, 3.05) is 19.7 Å². The molecule has 0 aromatic heterocycles. The summed E-state index contributed by atoms with van der Waals surface area (Å²) >= 11 is 0. The number of hydrogen-bond acceptors (Lipinski definition) is 4. The van der Waals surface area contributed by atoms with Crippen molar-refractivity contribution in [3.63, 3.8) is 0 Å². The molecule has 0 aliphatic carbocycles. The number of para-hydroxylation sites is 1. The van der Waals surface area contributed by atoms with Crippen LogP contribution in [0.4, 0.5) is 0 Å². The molecule has 1 aromatic rings. The molecule has 2 rings (SSSR count). The normalized spacial score (nSPS) is 14.8. The number of nitrogens with zero attached hydrogens (tertiary/aromatic N) is 1. The van der Waals surface area contributed by atoms with Crippen LogP contribution in [-0.4, -0.2) is 25.7 Å². The van der Waals surface area contributed by atoms with Crippen LogP contribution >= 0.6 is 0 Å². The van der Waals surface area contributed by atoms with Gasteiger partial charge in [-0.15, -0.1) is 0 Å². The van der Waals surface area contributed by atoms with Crippen LogP contribution < -0.4 is 15.4 Å². The van der Waals surface area contributed by atoms with Crippen LogP contribution in [0.3, 0.4) is 0 Å². The lowest BCUT2D eigenvalue weighted by Gasteiger charge is -2.17. The Morgan fingerprint density at radius 2 is 2.21 bits per heavy atom. The van der Waals surface area contributed by atoms with Gasteiger partial charge in [0, 0.05) is 25.2 Å². The van der Waals surface area contributed by atoms with Crippen molar-refractivity contribution in [2.24, 2.45) is 10.9 Å². The molecule has 0 saturated carbocycles. The van der Waals surface area contributed by atoms with Crippen molar-refractivity contribution >= 4 is 5.96 Å². The summed E-state index contributed by atoms with van der Waals surface area (Å²) in [6.07, 6.45) is 1.11. The quantitative estimate of drug-likeness (QED) is 0.854. The van der Waals surface area contributed by atoms with E-state index < -0.39 is 0 Å². The first-order chi connectivity index (χ1) is 9.25. The van der Waals surface area contributed by atoms with Crippen LogP contribution in [0.1, 0.15) is 25.8 Å². The number of benzene rings is 1. The van der Waals surface area contributed by atoms with Crippen molar-refractivity contribution in [3.05, 3.63) is 29.8 Å². The van der Waals surface area contributed by atoms with Crippen molar-refractivity contribution in [3.8, 4) is 5.75 Å². The zero-order chi connectivity index (χ0) is 13.5. The molecule has 1 aliphatic heterocycles. The van der Waals surface area contributed by atoms with E-state index in [1.165, 1.54) is 5.56 Å². The number of guanidine groups is 1. The third-order valence-electron chi connectivity index (χ3n) is 2.89. The molecule has 2 N–H and O–H groups in total. The number of hydrogen-bond donors (Lipinski definition) is 2. The van der Waals surface area contributed by atoms with E-state index in [0.717, 1.165) is 44.4 Å². The van der Waals surface area contributed by atoms with E-state index in [9.17, 15) is 0 Å². The van der Waals surface area contributed by atoms with Gasteiger partial charge in [-0.3, -0.25) is 4.99 Å². The molecule has 0 radical (unpaired) electrons. The van der Waals surface area contributed by atoms with Crippen molar-refractivity contribution in [2.45, 2.75) is 26.8 Å². The maximum Gasteiger partial charge on any atom is 0.191 e. The zero-order valence-electron chi connectivity index (χ0n) is 11.8. The first kappa shape index (κ1) is 13.7. The van der Waals surface area contributed by atoms with Gasteiger partial charge >= 0.3 is 0 Å². The smallest absolute Gasteiger partial charge is 0.191 e. The van der Waals surface area contributed by atoms with E-state index in [4.69, 9.17) is 4.74 Å². The Balaban J connectivity index is 1.93. The Kier molecular flexibility index (Phi) is 5.07. The van der Waals surface area contributed by atoms with Gasteiger partial charge in [-0.25, -0.2) is 0 Å². The van der Waals surface area contributed by atoms with Gasteiger partial charge in [0.15, 0.2) is 5.96 Å². The van der Waals surface area contributed by atoms with Gasteiger partial charge < -0.3 is 15.4 Å². The van der Waals surface area contributed by atoms with E-state index in [1.807, 2.05) is 18.2 Å². The van der Waals surface area contributed by atoms with Crippen LogP contribution in [0.15, 0.2) is 29.3 Å². The number of ether oxygens (including phenoxy) is 1. The highest BCUT2D eigenvalue weighted by Crippen LogP contribution is 2.18. The lowest BCUT2D eigenvalue weighted by Crippen LogP contribution is -2.40. The van der Waals surface area contributed by atoms with Gasteiger partial charge in [-0.05, 0) is 18.4 Å². The molecule has 104 valence electrons. The molecule has 1 aliphatic rings. The monoisotopic (exact) mass is 261 g/mol. The van der Waals surface area contributed by atoms with E-state index >= 15 is 0 Å². The van der Waals surface area contributed by atoms with Gasteiger partial charge in [0.2, 0.25) is 0 Å². The molecule has 19 heavy (non-hydrogen) atoms. The van der Waals surface area contributed by atoms with Crippen molar-refractivity contribution in [1.29, 1.82) is 0 Å². The molecule has 0 saturated heterocycles. The summed E-state index contributed by atoms with van der Waals surface area (Å²) in [7, 11) is 0. The largest absolute Gasteiger partial charge is 0.493 e. The Morgan fingerprint density at radius 3 is 2.95 bits per heavy atom. The molecular formula is C15H23N3O. The second-order valence-corrected chi connectivity index (χ2v) is 5.18. The fourth-order valence-electron chi connectivity index (χ4n) is 1.88. The maximum absolute atomic E-state index is 5.84. The third kappa shape index (κ3) is 4.47. The fraction of sp³-hybridized carbons (Fsp3) is 0.533. The van der Waals surface area contributed by atoms with E-state index in [-0.39, 0.29) is 0 Å². The predicted octanol–water partition coefficient (Wildman–Crippen LogP) is 2.16. The second kappa shape index (κ2) is 7.02. The fourth-order valence-corrected chi connectivity index (χ4v) is 1.88. The van der Waals surface area contributed by atoms with Crippen molar-refractivity contribution < 1.29 is 4.74 Å². The van der Waals surface area contributed by atoms with Gasteiger partial charge in [0.05, 0.1) is 6.61 Å². The molecule has 0 fully saturated rings. The minimum Gasteiger partial charge on any atom is -0.493 e. The molecule has 0 unspecified atom stereocenters. The van der Waals surface area contributed by atoms with E-state index in [2.05, 4.69) is 35.5 Å². The highest BCUT2D eigenvalue weighted by molar-refractivity contribution is 5.80. The third-order valence-corrected chi connectivity index (χ3v) is 2.89. The molecule has 1 aromatic carbocycles. The lowest BCUT2D eigenvalue weighted by molar-refractivity contribution is 0.268. The Hall–Kier alpha value is -1.71. The highest BCUT2D eigenvalue weighted by Gasteiger charge is 2.07. The average molecular weight is 261 g/mol. The first-order valence-corrected chi connectivity index (χ1v) is 6.98. The summed E-state index contributed by atoms with van der Waals surface area (Å²) in [5.74, 6) is 2.38. The van der Waals surface area contributed by atoms with Crippen LogP contribution in [0.5, 0.6) is 5.75 Å². The maximum atomic E-state index is 5.84. The summed E-state index contributed by atoms with van der Waals surface area (Å²) in [6, 6.07) is 8.16. The summed E-state index contributed by atoms with van der Waals surface area (Å²) in [4.78, 5) is 4.40. The van der Waals surface area contributed by atoms with Crippen LogP contribution in [0, 0.1) is 5.92 Å². The SMILES string of the molecule is CC(C)COc1ccccc1CNC1=NCCCN1. The van der Waals surface area contributed by atoms with Gasteiger partial charge in [0.25, 0.3) is 0 Å². The lowest BCUT2D eigenvalue weighted by atomic mass is 10.2. The minimum atomic E-state index is 0.533. The minimum absolute atomic E-state index is 0.533. The Labute approximate surface area is 115 Å². The van der Waals surface area contributed by atoms with E-state index in [1.54, 1.807) is 0 Å². The standard InChI is InChI=1S/C15H23N3O/c1-12(2)11-19-14-7-4-3-6-13(14)10-18-15-16-8-5-9-17-15/h3-4,6-7,12H,5,8-11H2,1-2H3,(H2,16,17,18). The molecule has 0 spiro atoms. The number of nitrogens with one attached hydrogen (secondary N) is 2. The summed E-state index contributed by atoms with van der Waals surface area (Å²) in [5, 5.41) is 6.58. The van der Waals surface area contributed by atoms with E-state index in [0.29, 0.717) is 5.92 Å².